The van der Waals surface area contributed by atoms with Crippen molar-refractivity contribution in [3.05, 3.63) is 48.8 Å². The minimum atomic E-state index is 0.702. The Morgan fingerprint density at radius 1 is 0.783 bits per heavy atom. The summed E-state index contributed by atoms with van der Waals surface area (Å²) in [6.45, 7) is 0. The summed E-state index contributed by atoms with van der Waals surface area (Å²) < 4.78 is 14.6. The van der Waals surface area contributed by atoms with Crippen LogP contribution in [0.5, 0.6) is 11.5 Å². The molecular formula is C16H14BN4O2. The third-order valence-electron chi connectivity index (χ3n) is 3.55. The van der Waals surface area contributed by atoms with Crippen molar-refractivity contribution >= 4 is 29.5 Å². The number of hydrogen-bond donors (Lipinski definition) is 0. The predicted molar refractivity (Wildman–Crippen MR) is 88.4 cm³/mol. The summed E-state index contributed by atoms with van der Waals surface area (Å²) in [5, 5.41) is 10.7. The van der Waals surface area contributed by atoms with E-state index in [2.05, 4.69) is 10.2 Å². The van der Waals surface area contributed by atoms with Crippen LogP contribution in [0.3, 0.4) is 0 Å². The summed E-state index contributed by atoms with van der Waals surface area (Å²) in [6, 6.07) is 11.4. The van der Waals surface area contributed by atoms with Crippen LogP contribution in [-0.2, 0) is 14.1 Å². The molecular weight excluding hydrogens is 291 g/mol. The average Bonchev–Trinajstić information content (AvgIpc) is 3.06. The third kappa shape index (κ3) is 2.73. The number of aromatic nitrogens is 4. The van der Waals surface area contributed by atoms with E-state index in [4.69, 9.17) is 9.31 Å². The first kappa shape index (κ1) is 13.7. The lowest BCUT2D eigenvalue weighted by Crippen LogP contribution is -2.10. The van der Waals surface area contributed by atoms with Gasteiger partial charge in [0.2, 0.25) is 0 Å². The van der Waals surface area contributed by atoms with Crippen LogP contribution in [0.25, 0.3) is 21.8 Å². The van der Waals surface area contributed by atoms with Gasteiger partial charge in [0, 0.05) is 37.3 Å². The zero-order chi connectivity index (χ0) is 15.8. The van der Waals surface area contributed by atoms with Gasteiger partial charge in [0.15, 0.2) is 0 Å². The Hall–Kier alpha value is -2.96. The van der Waals surface area contributed by atoms with Crippen LogP contribution in [-0.4, -0.2) is 27.2 Å². The van der Waals surface area contributed by atoms with Gasteiger partial charge in [0.25, 0.3) is 0 Å². The van der Waals surface area contributed by atoms with Gasteiger partial charge in [0.1, 0.15) is 11.5 Å². The lowest BCUT2D eigenvalue weighted by atomic mass is 10.2. The summed E-state index contributed by atoms with van der Waals surface area (Å²) in [5.41, 5.74) is 1.87. The maximum absolute atomic E-state index is 5.54. The number of fused-ring (bicyclic) bond motifs is 2. The summed E-state index contributed by atoms with van der Waals surface area (Å²) >= 11 is 0. The van der Waals surface area contributed by atoms with Gasteiger partial charge in [-0.3, -0.25) is 9.36 Å². The highest BCUT2D eigenvalue weighted by Gasteiger charge is 2.06. The number of benzene rings is 2. The predicted octanol–water partition coefficient (Wildman–Crippen LogP) is 2.45. The molecule has 0 spiro atoms. The number of aryl methyl sites for hydroxylation is 2. The molecule has 2 aromatic heterocycles. The molecule has 0 amide bonds. The van der Waals surface area contributed by atoms with Crippen LogP contribution in [0, 0.1) is 0 Å². The van der Waals surface area contributed by atoms with Gasteiger partial charge < -0.3 is 9.31 Å². The van der Waals surface area contributed by atoms with Crippen molar-refractivity contribution in [2.45, 2.75) is 0 Å². The molecule has 0 saturated carbocycles. The zero-order valence-corrected chi connectivity index (χ0v) is 12.8. The third-order valence-corrected chi connectivity index (χ3v) is 3.55. The Balaban J connectivity index is 1.44. The van der Waals surface area contributed by atoms with Crippen LogP contribution in [0.4, 0.5) is 0 Å². The van der Waals surface area contributed by atoms with E-state index >= 15 is 0 Å². The largest absolute Gasteiger partial charge is 0.658 e. The molecule has 113 valence electrons. The van der Waals surface area contributed by atoms with E-state index in [0.717, 1.165) is 21.8 Å². The quantitative estimate of drug-likeness (QED) is 0.543. The highest BCUT2D eigenvalue weighted by Crippen LogP contribution is 2.21. The molecule has 0 aliphatic carbocycles. The molecule has 4 aromatic rings. The highest BCUT2D eigenvalue weighted by atomic mass is 16.6. The molecule has 2 aromatic carbocycles. The van der Waals surface area contributed by atoms with Gasteiger partial charge in [-0.1, -0.05) is 0 Å². The van der Waals surface area contributed by atoms with E-state index in [0.29, 0.717) is 11.5 Å². The first-order chi connectivity index (χ1) is 11.2. The van der Waals surface area contributed by atoms with Crippen molar-refractivity contribution < 1.29 is 9.31 Å². The van der Waals surface area contributed by atoms with Crippen molar-refractivity contribution in [1.82, 2.24) is 19.6 Å². The Labute approximate surface area is 133 Å². The standard InChI is InChI=1S/C16H14BN4O2/c1-20-9-11-7-13(3-5-15(11)18-20)22-17-23-14-4-6-16-12(8-14)10-21(2)19-16/h3-10H,1-2H3. The summed E-state index contributed by atoms with van der Waals surface area (Å²) in [4.78, 5) is 0. The van der Waals surface area contributed by atoms with Gasteiger partial charge in [-0.25, -0.2) is 0 Å². The van der Waals surface area contributed by atoms with Gasteiger partial charge in [-0.15, -0.1) is 0 Å². The molecule has 6 nitrogen and oxygen atoms in total. The second-order valence-corrected chi connectivity index (χ2v) is 5.38. The van der Waals surface area contributed by atoms with Gasteiger partial charge in [-0.05, 0) is 36.4 Å². The minimum absolute atomic E-state index is 0.702. The van der Waals surface area contributed by atoms with Crippen molar-refractivity contribution in [1.29, 1.82) is 0 Å². The maximum Gasteiger partial charge on any atom is 0.658 e. The Kier molecular flexibility index (Phi) is 3.18. The molecule has 0 N–H and O–H groups in total. The molecule has 0 fully saturated rings. The lowest BCUT2D eigenvalue weighted by Gasteiger charge is -2.06. The molecule has 7 heteroatoms. The lowest BCUT2D eigenvalue weighted by molar-refractivity contribution is 0.460. The van der Waals surface area contributed by atoms with Crippen LogP contribution in [0.1, 0.15) is 0 Å². The van der Waals surface area contributed by atoms with E-state index in [1.54, 1.807) is 9.36 Å². The molecule has 1 radical (unpaired) electrons. The molecule has 0 saturated heterocycles. The Morgan fingerprint density at radius 2 is 1.26 bits per heavy atom. The van der Waals surface area contributed by atoms with Crippen molar-refractivity contribution in [3.8, 4) is 11.5 Å². The normalized spacial score (nSPS) is 11.0. The minimum Gasteiger partial charge on any atom is -0.526 e. The molecule has 23 heavy (non-hydrogen) atoms. The van der Waals surface area contributed by atoms with E-state index in [-0.39, 0.29) is 0 Å². The second kappa shape index (κ2) is 5.35. The first-order valence-corrected chi connectivity index (χ1v) is 7.19. The average molecular weight is 305 g/mol. The van der Waals surface area contributed by atoms with Crippen molar-refractivity contribution in [2.75, 3.05) is 0 Å². The zero-order valence-electron chi connectivity index (χ0n) is 12.8. The molecule has 0 unspecified atom stereocenters. The molecule has 2 heterocycles. The molecule has 0 aliphatic heterocycles. The summed E-state index contributed by atoms with van der Waals surface area (Å²) in [7, 11) is 5.11. The van der Waals surface area contributed by atoms with E-state index < -0.39 is 0 Å². The Bertz CT molecular complexity index is 912. The fourth-order valence-corrected chi connectivity index (χ4v) is 2.54. The second-order valence-electron chi connectivity index (χ2n) is 5.38. The molecule has 4 rings (SSSR count). The smallest absolute Gasteiger partial charge is 0.526 e. The van der Waals surface area contributed by atoms with E-state index in [1.807, 2.05) is 62.9 Å². The van der Waals surface area contributed by atoms with Crippen LogP contribution in [0.15, 0.2) is 48.8 Å². The van der Waals surface area contributed by atoms with E-state index in [9.17, 15) is 0 Å². The molecule has 0 aliphatic rings. The molecule has 0 atom stereocenters. The summed E-state index contributed by atoms with van der Waals surface area (Å²) in [6.07, 6.45) is 3.89. The monoisotopic (exact) mass is 305 g/mol. The topological polar surface area (TPSA) is 54.1 Å². The number of hydrogen-bond acceptors (Lipinski definition) is 4. The van der Waals surface area contributed by atoms with Crippen LogP contribution >= 0.6 is 0 Å². The van der Waals surface area contributed by atoms with Crippen LogP contribution in [0.2, 0.25) is 0 Å². The number of nitrogens with zero attached hydrogens (tertiary/aromatic N) is 4. The van der Waals surface area contributed by atoms with Gasteiger partial charge in [0.05, 0.1) is 11.0 Å². The SMILES string of the molecule is Cn1cc2cc(O[B]Oc3ccc4nn(C)cc4c3)ccc2n1. The first-order valence-electron chi connectivity index (χ1n) is 7.19. The van der Waals surface area contributed by atoms with Gasteiger partial charge in [-0.2, -0.15) is 10.2 Å². The Morgan fingerprint density at radius 3 is 1.74 bits per heavy atom. The molecule has 0 bridgehead atoms. The summed E-state index contributed by atoms with van der Waals surface area (Å²) in [5.74, 6) is 1.40. The van der Waals surface area contributed by atoms with E-state index in [1.165, 1.54) is 7.69 Å². The van der Waals surface area contributed by atoms with Crippen LogP contribution < -0.4 is 9.31 Å². The number of rotatable bonds is 4. The van der Waals surface area contributed by atoms with Crippen molar-refractivity contribution in [2.24, 2.45) is 14.1 Å². The fourth-order valence-electron chi connectivity index (χ4n) is 2.54. The van der Waals surface area contributed by atoms with Crippen molar-refractivity contribution in [3.63, 3.8) is 0 Å². The highest BCUT2D eigenvalue weighted by molar-refractivity contribution is 6.20. The fraction of sp³-hybridized carbons (Fsp3) is 0.125. The van der Waals surface area contributed by atoms with Gasteiger partial charge >= 0.3 is 7.69 Å². The maximum atomic E-state index is 5.54.